The lowest BCUT2D eigenvalue weighted by atomic mass is 10.2. The summed E-state index contributed by atoms with van der Waals surface area (Å²) in [5.41, 5.74) is 0. The Morgan fingerprint density at radius 3 is 2.28 bits per heavy atom. The Labute approximate surface area is 117 Å². The predicted molar refractivity (Wildman–Crippen MR) is 76.8 cm³/mol. The minimum atomic E-state index is -0.634. The molecular weight excluding hydrogens is 272 g/mol. The molecule has 0 unspecified atom stereocenters. The second-order valence-corrected chi connectivity index (χ2v) is 5.67. The minimum absolute atomic E-state index is 0.0168. The standard InChI is InChI=1S/C11H20N2O3S2/c1-7(2)10(15)13-9(6-17)11(16)12-4-5-18-8(3)14/h7,9,17H,4-6H2,1-3H3,(H,12,16)(H,13,15)/t9-/m0/s1. The first-order chi connectivity index (χ1) is 8.38. The van der Waals surface area contributed by atoms with Crippen LogP contribution in [0.3, 0.4) is 0 Å². The van der Waals surface area contributed by atoms with E-state index in [1.54, 1.807) is 13.8 Å². The second kappa shape index (κ2) is 9.27. The van der Waals surface area contributed by atoms with Crippen LogP contribution in [0.2, 0.25) is 0 Å². The first-order valence-electron chi connectivity index (χ1n) is 5.70. The zero-order chi connectivity index (χ0) is 14.1. The highest BCUT2D eigenvalue weighted by Gasteiger charge is 2.20. The van der Waals surface area contributed by atoms with Gasteiger partial charge in [-0.1, -0.05) is 25.6 Å². The minimum Gasteiger partial charge on any atom is -0.353 e. The van der Waals surface area contributed by atoms with E-state index in [1.807, 2.05) is 0 Å². The van der Waals surface area contributed by atoms with Crippen LogP contribution in [0.1, 0.15) is 20.8 Å². The molecule has 0 rings (SSSR count). The van der Waals surface area contributed by atoms with Crippen LogP contribution in [0.4, 0.5) is 0 Å². The molecule has 0 fully saturated rings. The molecule has 0 aliphatic carbocycles. The number of thiol groups is 1. The molecule has 7 heteroatoms. The van der Waals surface area contributed by atoms with Gasteiger partial charge in [0.05, 0.1) is 0 Å². The molecule has 0 aliphatic heterocycles. The van der Waals surface area contributed by atoms with Crippen LogP contribution in [-0.4, -0.2) is 41.0 Å². The summed E-state index contributed by atoms with van der Waals surface area (Å²) in [5, 5.41) is 5.29. The molecule has 0 aromatic rings. The van der Waals surface area contributed by atoms with Gasteiger partial charge >= 0.3 is 0 Å². The molecule has 0 saturated heterocycles. The molecule has 2 N–H and O–H groups in total. The number of rotatable bonds is 7. The normalized spacial score (nSPS) is 12.1. The van der Waals surface area contributed by atoms with Crippen molar-refractivity contribution in [3.63, 3.8) is 0 Å². The van der Waals surface area contributed by atoms with Crippen molar-refractivity contribution in [1.29, 1.82) is 0 Å². The second-order valence-electron chi connectivity index (χ2n) is 4.03. The number of thioether (sulfide) groups is 1. The molecule has 18 heavy (non-hydrogen) atoms. The van der Waals surface area contributed by atoms with Crippen LogP contribution in [-0.2, 0) is 14.4 Å². The number of carbonyl (C=O) groups is 3. The van der Waals surface area contributed by atoms with E-state index in [-0.39, 0.29) is 28.6 Å². The number of amides is 2. The summed E-state index contributed by atoms with van der Waals surface area (Å²) >= 11 is 5.19. The fourth-order valence-corrected chi connectivity index (χ4v) is 1.77. The Bertz CT molecular complexity index is 309. The van der Waals surface area contributed by atoms with Gasteiger partial charge in [0.2, 0.25) is 11.8 Å². The maximum absolute atomic E-state index is 11.7. The van der Waals surface area contributed by atoms with Gasteiger partial charge in [-0.15, -0.1) is 0 Å². The average Bonchev–Trinajstić information content (AvgIpc) is 2.30. The Kier molecular flexibility index (Phi) is 8.91. The van der Waals surface area contributed by atoms with E-state index in [4.69, 9.17) is 0 Å². The molecule has 5 nitrogen and oxygen atoms in total. The van der Waals surface area contributed by atoms with E-state index in [1.165, 1.54) is 6.92 Å². The van der Waals surface area contributed by atoms with E-state index in [2.05, 4.69) is 23.3 Å². The molecule has 0 bridgehead atoms. The molecule has 1 atom stereocenters. The Hall–Kier alpha value is -0.690. The van der Waals surface area contributed by atoms with Crippen LogP contribution in [0.15, 0.2) is 0 Å². The van der Waals surface area contributed by atoms with Gasteiger partial charge in [0.1, 0.15) is 6.04 Å². The summed E-state index contributed by atoms with van der Waals surface area (Å²) in [6.45, 7) is 5.38. The SMILES string of the molecule is CC(=O)SCCNC(=O)[C@H](CS)NC(=O)C(C)C. The number of hydrogen-bond acceptors (Lipinski definition) is 5. The Morgan fingerprint density at radius 1 is 1.22 bits per heavy atom. The molecule has 0 radical (unpaired) electrons. The maximum atomic E-state index is 11.7. The largest absolute Gasteiger partial charge is 0.353 e. The number of nitrogens with one attached hydrogen (secondary N) is 2. The molecule has 0 spiro atoms. The van der Waals surface area contributed by atoms with Crippen molar-refractivity contribution in [3.8, 4) is 0 Å². The summed E-state index contributed by atoms with van der Waals surface area (Å²) < 4.78 is 0. The molecule has 0 aliphatic rings. The van der Waals surface area contributed by atoms with Crippen molar-refractivity contribution in [2.24, 2.45) is 5.92 Å². The van der Waals surface area contributed by atoms with Crippen molar-refractivity contribution < 1.29 is 14.4 Å². The van der Waals surface area contributed by atoms with Gasteiger partial charge in [0.25, 0.3) is 0 Å². The Morgan fingerprint density at radius 2 is 1.83 bits per heavy atom. The zero-order valence-corrected chi connectivity index (χ0v) is 12.6. The number of hydrogen-bond donors (Lipinski definition) is 3. The lowest BCUT2D eigenvalue weighted by Crippen LogP contribution is -2.49. The predicted octanol–water partition coefficient (Wildman–Crippen LogP) is 0.453. The van der Waals surface area contributed by atoms with Crippen molar-refractivity contribution >= 4 is 41.3 Å². The van der Waals surface area contributed by atoms with E-state index in [9.17, 15) is 14.4 Å². The van der Waals surface area contributed by atoms with Gasteiger partial charge in [-0.25, -0.2) is 0 Å². The maximum Gasteiger partial charge on any atom is 0.243 e. The smallest absolute Gasteiger partial charge is 0.243 e. The monoisotopic (exact) mass is 292 g/mol. The highest BCUT2D eigenvalue weighted by atomic mass is 32.2. The topological polar surface area (TPSA) is 75.3 Å². The van der Waals surface area contributed by atoms with Crippen LogP contribution >= 0.6 is 24.4 Å². The van der Waals surface area contributed by atoms with Crippen LogP contribution in [0, 0.1) is 5.92 Å². The van der Waals surface area contributed by atoms with E-state index < -0.39 is 6.04 Å². The van der Waals surface area contributed by atoms with E-state index in [0.717, 1.165) is 11.8 Å². The quantitative estimate of drug-likeness (QED) is 0.470. The van der Waals surface area contributed by atoms with Crippen LogP contribution in [0.5, 0.6) is 0 Å². The summed E-state index contributed by atoms with van der Waals surface area (Å²) in [6, 6.07) is -0.634. The van der Waals surface area contributed by atoms with Crippen LogP contribution < -0.4 is 10.6 Å². The van der Waals surface area contributed by atoms with E-state index >= 15 is 0 Å². The highest BCUT2D eigenvalue weighted by Crippen LogP contribution is 1.99. The van der Waals surface area contributed by atoms with Crippen molar-refractivity contribution in [2.45, 2.75) is 26.8 Å². The third kappa shape index (κ3) is 7.60. The van der Waals surface area contributed by atoms with Gasteiger partial charge in [-0.05, 0) is 0 Å². The fraction of sp³-hybridized carbons (Fsp3) is 0.727. The lowest BCUT2D eigenvalue weighted by Gasteiger charge is -2.17. The molecule has 2 amide bonds. The van der Waals surface area contributed by atoms with Gasteiger partial charge in [0.15, 0.2) is 5.12 Å². The van der Waals surface area contributed by atoms with Gasteiger partial charge < -0.3 is 10.6 Å². The third-order valence-electron chi connectivity index (χ3n) is 2.05. The molecular formula is C11H20N2O3S2. The van der Waals surface area contributed by atoms with Crippen molar-refractivity contribution in [2.75, 3.05) is 18.1 Å². The van der Waals surface area contributed by atoms with Gasteiger partial charge in [-0.2, -0.15) is 12.6 Å². The van der Waals surface area contributed by atoms with Crippen molar-refractivity contribution in [1.82, 2.24) is 10.6 Å². The van der Waals surface area contributed by atoms with Gasteiger partial charge in [0, 0.05) is 30.9 Å². The summed E-state index contributed by atoms with van der Waals surface area (Å²) in [6.07, 6.45) is 0. The molecule has 0 saturated carbocycles. The first-order valence-corrected chi connectivity index (χ1v) is 7.32. The summed E-state index contributed by atoms with van der Waals surface area (Å²) in [4.78, 5) is 33.9. The van der Waals surface area contributed by atoms with Gasteiger partial charge in [-0.3, -0.25) is 14.4 Å². The Balaban J connectivity index is 4.03. The lowest BCUT2D eigenvalue weighted by molar-refractivity contribution is -0.130. The summed E-state index contributed by atoms with van der Waals surface area (Å²) in [7, 11) is 0. The first kappa shape index (κ1) is 17.3. The number of carbonyl (C=O) groups excluding carboxylic acids is 3. The zero-order valence-electron chi connectivity index (χ0n) is 10.9. The molecule has 0 aromatic heterocycles. The van der Waals surface area contributed by atoms with E-state index in [0.29, 0.717) is 12.3 Å². The molecule has 0 aromatic carbocycles. The molecule has 0 heterocycles. The summed E-state index contributed by atoms with van der Waals surface area (Å²) in [5.74, 6) is 0.140. The third-order valence-corrected chi connectivity index (χ3v) is 3.23. The van der Waals surface area contributed by atoms with Crippen LogP contribution in [0.25, 0.3) is 0 Å². The molecule has 104 valence electrons. The fourth-order valence-electron chi connectivity index (χ4n) is 1.02. The van der Waals surface area contributed by atoms with Crippen molar-refractivity contribution in [3.05, 3.63) is 0 Å². The average molecular weight is 292 g/mol. The highest BCUT2D eigenvalue weighted by molar-refractivity contribution is 8.13.